The molecule has 156 valence electrons. The summed E-state index contributed by atoms with van der Waals surface area (Å²) in [7, 11) is 0. The smallest absolute Gasteiger partial charge is 0.196 e. The average Bonchev–Trinajstić information content (AvgIpc) is 3.15. The van der Waals surface area contributed by atoms with Crippen LogP contribution < -0.4 is 20.1 Å². The van der Waals surface area contributed by atoms with Gasteiger partial charge in [-0.2, -0.15) is 5.10 Å². The number of aromatic nitrogens is 2. The molecule has 2 aromatic carbocycles. The molecule has 0 radical (unpaired) electrons. The van der Waals surface area contributed by atoms with Crippen LogP contribution in [0, 0.1) is 0 Å². The van der Waals surface area contributed by atoms with Crippen LogP contribution in [0.3, 0.4) is 0 Å². The van der Waals surface area contributed by atoms with E-state index in [4.69, 9.17) is 14.5 Å². The zero-order chi connectivity index (χ0) is 20.6. The number of aliphatic imine (C=N–C) groups is 1. The highest BCUT2D eigenvalue weighted by molar-refractivity contribution is 5.93. The lowest BCUT2D eigenvalue weighted by Gasteiger charge is -2.14. The molecule has 1 aliphatic heterocycles. The summed E-state index contributed by atoms with van der Waals surface area (Å²) in [6.45, 7) is 5.50. The van der Waals surface area contributed by atoms with Crippen molar-refractivity contribution in [3.63, 3.8) is 0 Å². The van der Waals surface area contributed by atoms with Crippen LogP contribution in [0.15, 0.2) is 65.9 Å². The van der Waals surface area contributed by atoms with Crippen molar-refractivity contribution in [1.82, 2.24) is 15.1 Å². The van der Waals surface area contributed by atoms with E-state index in [0.29, 0.717) is 19.8 Å². The van der Waals surface area contributed by atoms with E-state index in [1.165, 1.54) is 5.56 Å². The van der Waals surface area contributed by atoms with Gasteiger partial charge < -0.3 is 20.1 Å². The SMILES string of the molecule is CCNC(=NCc1cccc(Cn2cccn2)c1)Nc1ccc2c(c1)OCCCO2. The molecule has 7 nitrogen and oxygen atoms in total. The van der Waals surface area contributed by atoms with E-state index in [-0.39, 0.29) is 0 Å². The summed E-state index contributed by atoms with van der Waals surface area (Å²) < 4.78 is 13.4. The van der Waals surface area contributed by atoms with E-state index in [2.05, 4.69) is 46.9 Å². The lowest BCUT2D eigenvalue weighted by Crippen LogP contribution is -2.30. The number of rotatable bonds is 6. The normalized spacial score (nSPS) is 13.6. The van der Waals surface area contributed by atoms with Gasteiger partial charge in [0, 0.05) is 37.1 Å². The molecule has 0 atom stereocenters. The minimum absolute atomic E-state index is 0.576. The lowest BCUT2D eigenvalue weighted by atomic mass is 10.1. The Morgan fingerprint density at radius 1 is 1.07 bits per heavy atom. The molecule has 4 rings (SSSR count). The van der Waals surface area contributed by atoms with Crippen LogP contribution >= 0.6 is 0 Å². The number of hydrogen-bond donors (Lipinski definition) is 2. The fourth-order valence-corrected chi connectivity index (χ4v) is 3.26. The molecule has 0 saturated heterocycles. The van der Waals surface area contributed by atoms with E-state index in [1.54, 1.807) is 6.20 Å². The van der Waals surface area contributed by atoms with E-state index >= 15 is 0 Å². The number of benzene rings is 2. The van der Waals surface area contributed by atoms with Crippen molar-refractivity contribution in [1.29, 1.82) is 0 Å². The molecule has 0 aliphatic carbocycles. The van der Waals surface area contributed by atoms with E-state index < -0.39 is 0 Å². The minimum atomic E-state index is 0.576. The molecule has 2 N–H and O–H groups in total. The molecule has 30 heavy (non-hydrogen) atoms. The van der Waals surface area contributed by atoms with E-state index in [9.17, 15) is 0 Å². The second-order valence-corrected chi connectivity index (χ2v) is 7.06. The van der Waals surface area contributed by atoms with Gasteiger partial charge in [-0.25, -0.2) is 4.99 Å². The largest absolute Gasteiger partial charge is 0.490 e. The first kappa shape index (κ1) is 19.8. The Labute approximate surface area is 176 Å². The Hall–Kier alpha value is -3.48. The Morgan fingerprint density at radius 3 is 2.77 bits per heavy atom. The van der Waals surface area contributed by atoms with Crippen molar-refractivity contribution in [2.75, 3.05) is 25.1 Å². The van der Waals surface area contributed by atoms with Crippen LogP contribution in [-0.2, 0) is 13.1 Å². The number of hydrogen-bond acceptors (Lipinski definition) is 4. The number of guanidine groups is 1. The molecular weight excluding hydrogens is 378 g/mol. The standard InChI is InChI=1S/C23H27N5O2/c1-2-24-23(27-20-8-9-21-22(15-20)30-13-5-12-29-21)25-16-18-6-3-7-19(14-18)17-28-11-4-10-26-28/h3-4,6-11,14-15H,2,5,12-13,16-17H2,1H3,(H2,24,25,27). The Bertz CT molecular complexity index is 985. The van der Waals surface area contributed by atoms with Crippen molar-refractivity contribution in [2.24, 2.45) is 4.99 Å². The fraction of sp³-hybridized carbons (Fsp3) is 0.304. The maximum absolute atomic E-state index is 5.78. The van der Waals surface area contributed by atoms with Crippen molar-refractivity contribution in [3.8, 4) is 11.5 Å². The third-order valence-electron chi connectivity index (χ3n) is 4.67. The summed E-state index contributed by atoms with van der Waals surface area (Å²) in [6.07, 6.45) is 4.65. The number of ether oxygens (including phenoxy) is 2. The number of nitrogens with zero attached hydrogens (tertiary/aromatic N) is 3. The zero-order valence-corrected chi connectivity index (χ0v) is 17.2. The van der Waals surface area contributed by atoms with Gasteiger partial charge in [-0.3, -0.25) is 4.68 Å². The predicted molar refractivity (Wildman–Crippen MR) is 118 cm³/mol. The molecule has 0 fully saturated rings. The predicted octanol–water partition coefficient (Wildman–Crippen LogP) is 3.67. The maximum Gasteiger partial charge on any atom is 0.196 e. The van der Waals surface area contributed by atoms with E-state index in [1.807, 2.05) is 35.1 Å². The molecule has 0 saturated carbocycles. The van der Waals surface area contributed by atoms with Gasteiger partial charge in [0.25, 0.3) is 0 Å². The molecule has 1 aliphatic rings. The van der Waals surface area contributed by atoms with Gasteiger partial charge in [0.15, 0.2) is 17.5 Å². The first-order valence-electron chi connectivity index (χ1n) is 10.3. The number of anilines is 1. The summed E-state index contributed by atoms with van der Waals surface area (Å²) in [5, 5.41) is 10.9. The van der Waals surface area contributed by atoms with Crippen LogP contribution in [-0.4, -0.2) is 35.5 Å². The zero-order valence-electron chi connectivity index (χ0n) is 17.2. The second-order valence-electron chi connectivity index (χ2n) is 7.06. The van der Waals surface area contributed by atoms with E-state index in [0.717, 1.165) is 48.2 Å². The molecule has 2 heterocycles. The average molecular weight is 406 g/mol. The van der Waals surface area contributed by atoms with Crippen LogP contribution in [0.4, 0.5) is 5.69 Å². The molecule has 0 amide bonds. The van der Waals surface area contributed by atoms with Crippen LogP contribution in [0.25, 0.3) is 0 Å². The summed E-state index contributed by atoms with van der Waals surface area (Å²) in [5.41, 5.74) is 3.26. The highest BCUT2D eigenvalue weighted by Crippen LogP contribution is 2.32. The van der Waals surface area contributed by atoms with Gasteiger partial charge in [-0.15, -0.1) is 0 Å². The van der Waals surface area contributed by atoms with Gasteiger partial charge in [0.05, 0.1) is 26.3 Å². The lowest BCUT2D eigenvalue weighted by molar-refractivity contribution is 0.297. The van der Waals surface area contributed by atoms with Gasteiger partial charge in [-0.05, 0) is 36.2 Å². The molecule has 1 aromatic heterocycles. The number of fused-ring (bicyclic) bond motifs is 1. The third kappa shape index (κ3) is 5.31. The van der Waals surface area contributed by atoms with Crippen molar-refractivity contribution < 1.29 is 9.47 Å². The Kier molecular flexibility index (Phi) is 6.49. The highest BCUT2D eigenvalue weighted by Gasteiger charge is 2.11. The topological polar surface area (TPSA) is 72.7 Å². The van der Waals surface area contributed by atoms with Crippen molar-refractivity contribution in [2.45, 2.75) is 26.4 Å². The monoisotopic (exact) mass is 405 g/mol. The molecule has 0 bridgehead atoms. The van der Waals surface area contributed by atoms with Crippen LogP contribution in [0.5, 0.6) is 11.5 Å². The second kappa shape index (κ2) is 9.82. The van der Waals surface area contributed by atoms with Crippen LogP contribution in [0.1, 0.15) is 24.5 Å². The first-order valence-corrected chi connectivity index (χ1v) is 10.3. The molecule has 0 spiro atoms. The van der Waals surface area contributed by atoms with Crippen molar-refractivity contribution in [3.05, 3.63) is 72.1 Å². The summed E-state index contributed by atoms with van der Waals surface area (Å²) in [5.74, 6) is 2.28. The quantitative estimate of drug-likeness (QED) is 0.484. The van der Waals surface area contributed by atoms with Gasteiger partial charge in [0.2, 0.25) is 0 Å². The molecular formula is C23H27N5O2. The van der Waals surface area contributed by atoms with Gasteiger partial charge >= 0.3 is 0 Å². The summed E-state index contributed by atoms with van der Waals surface area (Å²) in [4.78, 5) is 4.75. The maximum atomic E-state index is 5.78. The minimum Gasteiger partial charge on any atom is -0.490 e. The molecule has 7 heteroatoms. The van der Waals surface area contributed by atoms with Gasteiger partial charge in [-0.1, -0.05) is 24.3 Å². The third-order valence-corrected chi connectivity index (χ3v) is 4.67. The Morgan fingerprint density at radius 2 is 1.93 bits per heavy atom. The van der Waals surface area contributed by atoms with Crippen LogP contribution in [0.2, 0.25) is 0 Å². The molecule has 3 aromatic rings. The highest BCUT2D eigenvalue weighted by atomic mass is 16.5. The summed E-state index contributed by atoms with van der Waals surface area (Å²) >= 11 is 0. The number of nitrogens with one attached hydrogen (secondary N) is 2. The molecule has 0 unspecified atom stereocenters. The fourth-order valence-electron chi connectivity index (χ4n) is 3.26. The van der Waals surface area contributed by atoms with Gasteiger partial charge in [0.1, 0.15) is 0 Å². The van der Waals surface area contributed by atoms with Crippen molar-refractivity contribution >= 4 is 11.6 Å². The Balaban J connectivity index is 1.44. The first-order chi connectivity index (χ1) is 14.8. The summed E-state index contributed by atoms with van der Waals surface area (Å²) in [6, 6.07) is 16.2.